The van der Waals surface area contributed by atoms with Crippen molar-refractivity contribution < 1.29 is 9.47 Å². The SMILES string of the molecule is CCCCCCCC/C=C/Cc1ccc(OCC2CO2)cc1. The topological polar surface area (TPSA) is 21.8 Å². The van der Waals surface area contributed by atoms with Gasteiger partial charge in [0.05, 0.1) is 6.61 Å². The predicted octanol–water partition coefficient (Wildman–Crippen LogP) is 5.31. The van der Waals surface area contributed by atoms with Crippen LogP contribution in [0.4, 0.5) is 0 Å². The number of ether oxygens (including phenoxy) is 2. The molecule has 1 unspecified atom stereocenters. The second-order valence-electron chi connectivity index (χ2n) is 6.14. The molecule has 0 N–H and O–H groups in total. The van der Waals surface area contributed by atoms with E-state index in [-0.39, 0.29) is 0 Å². The molecule has 1 saturated heterocycles. The van der Waals surface area contributed by atoms with Crippen LogP contribution in [-0.2, 0) is 11.2 Å². The highest BCUT2D eigenvalue weighted by Crippen LogP contribution is 2.16. The van der Waals surface area contributed by atoms with Crippen LogP contribution in [0.15, 0.2) is 36.4 Å². The van der Waals surface area contributed by atoms with Crippen LogP contribution in [0.2, 0.25) is 0 Å². The van der Waals surface area contributed by atoms with Gasteiger partial charge in [-0.3, -0.25) is 0 Å². The zero-order valence-corrected chi connectivity index (χ0v) is 13.9. The lowest BCUT2D eigenvalue weighted by molar-refractivity contribution is 0.263. The maximum atomic E-state index is 5.64. The molecule has 0 amide bonds. The fourth-order valence-electron chi connectivity index (χ4n) is 2.45. The largest absolute Gasteiger partial charge is 0.491 e. The Hall–Kier alpha value is -1.28. The third-order valence-electron chi connectivity index (χ3n) is 4.01. The molecule has 0 aliphatic carbocycles. The molecule has 0 spiro atoms. The van der Waals surface area contributed by atoms with Crippen molar-refractivity contribution in [3.63, 3.8) is 0 Å². The van der Waals surface area contributed by atoms with Gasteiger partial charge in [-0.15, -0.1) is 0 Å². The number of hydrogen-bond acceptors (Lipinski definition) is 2. The highest BCUT2D eigenvalue weighted by Gasteiger charge is 2.22. The van der Waals surface area contributed by atoms with Gasteiger partial charge in [-0.05, 0) is 37.0 Å². The Labute approximate surface area is 135 Å². The average molecular weight is 302 g/mol. The number of epoxide rings is 1. The summed E-state index contributed by atoms with van der Waals surface area (Å²) in [6, 6.07) is 8.41. The van der Waals surface area contributed by atoms with Gasteiger partial charge < -0.3 is 9.47 Å². The molecule has 0 bridgehead atoms. The molecule has 122 valence electrons. The second kappa shape index (κ2) is 10.4. The van der Waals surface area contributed by atoms with E-state index < -0.39 is 0 Å². The lowest BCUT2D eigenvalue weighted by Gasteiger charge is -2.04. The van der Waals surface area contributed by atoms with Crippen LogP contribution in [0, 0.1) is 0 Å². The minimum Gasteiger partial charge on any atom is -0.491 e. The van der Waals surface area contributed by atoms with E-state index in [2.05, 4.69) is 43.3 Å². The number of unbranched alkanes of at least 4 members (excludes halogenated alkanes) is 6. The summed E-state index contributed by atoms with van der Waals surface area (Å²) in [4.78, 5) is 0. The molecule has 1 aromatic carbocycles. The number of hydrogen-bond donors (Lipinski definition) is 0. The van der Waals surface area contributed by atoms with Crippen LogP contribution in [0.5, 0.6) is 5.75 Å². The molecule has 0 aromatic heterocycles. The van der Waals surface area contributed by atoms with Gasteiger partial charge in [0, 0.05) is 0 Å². The van der Waals surface area contributed by atoms with Crippen LogP contribution in [0.25, 0.3) is 0 Å². The van der Waals surface area contributed by atoms with Crippen molar-refractivity contribution in [2.24, 2.45) is 0 Å². The molecule has 2 nitrogen and oxygen atoms in total. The lowest BCUT2D eigenvalue weighted by atomic mass is 10.1. The van der Waals surface area contributed by atoms with Crippen molar-refractivity contribution >= 4 is 0 Å². The Kier molecular flexibility index (Phi) is 8.11. The van der Waals surface area contributed by atoms with Gasteiger partial charge in [0.2, 0.25) is 0 Å². The van der Waals surface area contributed by atoms with Gasteiger partial charge in [-0.1, -0.05) is 63.3 Å². The Balaban J connectivity index is 1.52. The van der Waals surface area contributed by atoms with Crippen LogP contribution in [0.3, 0.4) is 0 Å². The van der Waals surface area contributed by atoms with E-state index in [9.17, 15) is 0 Å². The van der Waals surface area contributed by atoms with Crippen molar-refractivity contribution in [2.45, 2.75) is 64.4 Å². The predicted molar refractivity (Wildman–Crippen MR) is 92.5 cm³/mol. The smallest absolute Gasteiger partial charge is 0.119 e. The fraction of sp³-hybridized carbons (Fsp3) is 0.600. The molecule has 0 saturated carbocycles. The zero-order valence-electron chi connectivity index (χ0n) is 13.9. The van der Waals surface area contributed by atoms with Crippen LogP contribution >= 0.6 is 0 Å². The van der Waals surface area contributed by atoms with E-state index in [1.807, 2.05) is 0 Å². The molecule has 1 aliphatic heterocycles. The highest BCUT2D eigenvalue weighted by molar-refractivity contribution is 5.28. The van der Waals surface area contributed by atoms with Crippen LogP contribution in [0.1, 0.15) is 57.4 Å². The summed E-state index contributed by atoms with van der Waals surface area (Å²) in [6.07, 6.45) is 15.4. The van der Waals surface area contributed by atoms with Crippen molar-refractivity contribution in [3.8, 4) is 5.75 Å². The first-order valence-electron chi connectivity index (χ1n) is 8.87. The average Bonchev–Trinajstić information content (AvgIpc) is 3.37. The van der Waals surface area contributed by atoms with E-state index in [1.54, 1.807) is 0 Å². The first kappa shape index (κ1) is 17.1. The Morgan fingerprint density at radius 2 is 1.77 bits per heavy atom. The third kappa shape index (κ3) is 7.65. The molecule has 1 aliphatic rings. The first-order valence-corrected chi connectivity index (χ1v) is 8.87. The van der Waals surface area contributed by atoms with Gasteiger partial charge in [0.1, 0.15) is 18.5 Å². The number of allylic oxidation sites excluding steroid dienone is 2. The van der Waals surface area contributed by atoms with E-state index in [0.29, 0.717) is 12.7 Å². The molecular formula is C20H30O2. The molecule has 1 atom stereocenters. The summed E-state index contributed by atoms with van der Waals surface area (Å²) >= 11 is 0. The molecule has 1 fully saturated rings. The normalized spacial score (nSPS) is 17.0. The molecular weight excluding hydrogens is 272 g/mol. The van der Waals surface area contributed by atoms with Crippen molar-refractivity contribution in [1.82, 2.24) is 0 Å². The highest BCUT2D eigenvalue weighted by atomic mass is 16.6. The summed E-state index contributed by atoms with van der Waals surface area (Å²) in [6.45, 7) is 3.79. The van der Waals surface area contributed by atoms with Gasteiger partial charge in [-0.25, -0.2) is 0 Å². The standard InChI is InChI=1S/C20H30O2/c1-2-3-4-5-6-7-8-9-10-11-18-12-14-19(15-13-18)21-16-20-17-22-20/h9-10,12-15,20H,2-8,11,16-17H2,1H3/b10-9+. The van der Waals surface area contributed by atoms with Crippen LogP contribution in [-0.4, -0.2) is 19.3 Å². The summed E-state index contributed by atoms with van der Waals surface area (Å²) in [5.41, 5.74) is 1.34. The Bertz CT molecular complexity index is 418. The molecule has 22 heavy (non-hydrogen) atoms. The Morgan fingerprint density at radius 1 is 1.05 bits per heavy atom. The lowest BCUT2D eigenvalue weighted by Crippen LogP contribution is -2.03. The maximum absolute atomic E-state index is 5.64. The molecule has 1 heterocycles. The van der Waals surface area contributed by atoms with E-state index in [1.165, 1.54) is 50.5 Å². The van der Waals surface area contributed by atoms with Gasteiger partial charge in [0.15, 0.2) is 0 Å². The van der Waals surface area contributed by atoms with Crippen molar-refractivity contribution in [3.05, 3.63) is 42.0 Å². The van der Waals surface area contributed by atoms with E-state index in [4.69, 9.17) is 9.47 Å². The Morgan fingerprint density at radius 3 is 2.50 bits per heavy atom. The number of benzene rings is 1. The van der Waals surface area contributed by atoms with Gasteiger partial charge >= 0.3 is 0 Å². The molecule has 2 rings (SSSR count). The quantitative estimate of drug-likeness (QED) is 0.296. The van der Waals surface area contributed by atoms with Crippen LogP contribution < -0.4 is 4.74 Å². The zero-order chi connectivity index (χ0) is 15.5. The van der Waals surface area contributed by atoms with Gasteiger partial charge in [0.25, 0.3) is 0 Å². The van der Waals surface area contributed by atoms with E-state index >= 15 is 0 Å². The summed E-state index contributed by atoms with van der Waals surface area (Å²) in [5.74, 6) is 0.940. The van der Waals surface area contributed by atoms with Crippen molar-refractivity contribution in [1.29, 1.82) is 0 Å². The first-order chi connectivity index (χ1) is 10.9. The minimum absolute atomic E-state index is 0.324. The summed E-state index contributed by atoms with van der Waals surface area (Å²) in [7, 11) is 0. The molecule has 2 heteroatoms. The number of rotatable bonds is 12. The van der Waals surface area contributed by atoms with E-state index in [0.717, 1.165) is 18.8 Å². The summed E-state index contributed by atoms with van der Waals surface area (Å²) in [5, 5.41) is 0. The monoisotopic (exact) mass is 302 g/mol. The second-order valence-corrected chi connectivity index (χ2v) is 6.14. The minimum atomic E-state index is 0.324. The molecule has 0 radical (unpaired) electrons. The fourth-order valence-corrected chi connectivity index (χ4v) is 2.45. The van der Waals surface area contributed by atoms with Crippen molar-refractivity contribution in [2.75, 3.05) is 13.2 Å². The summed E-state index contributed by atoms with van der Waals surface area (Å²) < 4.78 is 10.8. The molecule has 1 aromatic rings. The van der Waals surface area contributed by atoms with Gasteiger partial charge in [-0.2, -0.15) is 0 Å². The maximum Gasteiger partial charge on any atom is 0.119 e. The third-order valence-corrected chi connectivity index (χ3v) is 4.01.